The summed E-state index contributed by atoms with van der Waals surface area (Å²) in [6.45, 7) is 5.74. The van der Waals surface area contributed by atoms with Gasteiger partial charge in [0.2, 0.25) is 0 Å². The Morgan fingerprint density at radius 1 is 1.32 bits per heavy atom. The fourth-order valence-electron chi connectivity index (χ4n) is 3.90. The first kappa shape index (κ1) is 20.9. The summed E-state index contributed by atoms with van der Waals surface area (Å²) < 4.78 is 41.8. The zero-order valence-corrected chi connectivity index (χ0v) is 17.1. The third-order valence-electron chi connectivity index (χ3n) is 5.44. The molecule has 0 bridgehead atoms. The van der Waals surface area contributed by atoms with Gasteiger partial charge in [-0.3, -0.25) is 4.79 Å². The predicted octanol–water partition coefficient (Wildman–Crippen LogP) is 2.16. The third kappa shape index (κ3) is 4.41. The van der Waals surface area contributed by atoms with Gasteiger partial charge in [-0.15, -0.1) is 0 Å². The van der Waals surface area contributed by atoms with Crippen LogP contribution < -0.4 is 9.03 Å². The van der Waals surface area contributed by atoms with E-state index in [1.807, 2.05) is 0 Å². The molecule has 0 aliphatic carbocycles. The topological polar surface area (TPSA) is 89.9 Å². The number of nitrogens with one attached hydrogen (secondary N) is 1. The SMILES string of the molecule is CC(C)CCN1CCCC[C@H]1Cc1ccc(O)c(N2CC(=O)NS2(=O)=O)c1F. The number of halogens is 1. The molecule has 156 valence electrons. The lowest BCUT2D eigenvalue weighted by Gasteiger charge is -2.36. The quantitative estimate of drug-likeness (QED) is 0.746. The molecule has 0 spiro atoms. The molecule has 1 aromatic rings. The highest BCUT2D eigenvalue weighted by atomic mass is 32.2. The highest BCUT2D eigenvalue weighted by molar-refractivity contribution is 7.92. The second kappa shape index (κ2) is 8.24. The molecule has 0 unspecified atom stereocenters. The van der Waals surface area contributed by atoms with Gasteiger partial charge in [0.15, 0.2) is 5.82 Å². The fraction of sp³-hybridized carbons (Fsp3) is 0.632. The van der Waals surface area contributed by atoms with E-state index in [4.69, 9.17) is 0 Å². The molecule has 2 N–H and O–H groups in total. The minimum absolute atomic E-state index is 0.175. The van der Waals surface area contributed by atoms with Crippen molar-refractivity contribution in [2.75, 3.05) is 23.9 Å². The highest BCUT2D eigenvalue weighted by Gasteiger charge is 2.38. The predicted molar refractivity (Wildman–Crippen MR) is 105 cm³/mol. The Morgan fingerprint density at radius 3 is 2.71 bits per heavy atom. The average molecular weight is 414 g/mol. The van der Waals surface area contributed by atoms with Crippen LogP contribution in [-0.4, -0.2) is 50.0 Å². The van der Waals surface area contributed by atoms with Gasteiger partial charge in [-0.2, -0.15) is 8.42 Å². The van der Waals surface area contributed by atoms with Crippen molar-refractivity contribution in [3.05, 3.63) is 23.5 Å². The molecule has 28 heavy (non-hydrogen) atoms. The average Bonchev–Trinajstić information content (AvgIpc) is 2.89. The number of hydrogen-bond donors (Lipinski definition) is 2. The van der Waals surface area contributed by atoms with Crippen LogP contribution in [0.4, 0.5) is 10.1 Å². The van der Waals surface area contributed by atoms with Crippen LogP contribution in [0, 0.1) is 11.7 Å². The van der Waals surface area contributed by atoms with E-state index in [1.165, 1.54) is 12.1 Å². The molecule has 2 aliphatic heterocycles. The Bertz CT molecular complexity index is 844. The number of aromatic hydroxyl groups is 1. The molecule has 2 saturated heterocycles. The van der Waals surface area contributed by atoms with E-state index < -0.39 is 39.9 Å². The number of likely N-dealkylation sites (tertiary alicyclic amines) is 1. The van der Waals surface area contributed by atoms with Crippen molar-refractivity contribution in [2.24, 2.45) is 5.92 Å². The van der Waals surface area contributed by atoms with Gasteiger partial charge in [0.25, 0.3) is 5.91 Å². The molecule has 7 nitrogen and oxygen atoms in total. The number of hydrogen-bond acceptors (Lipinski definition) is 5. The number of phenolic OH excluding ortho intramolecular Hbond substituents is 1. The molecule has 0 aromatic heterocycles. The molecular formula is C19H28FN3O4S. The zero-order valence-electron chi connectivity index (χ0n) is 16.3. The van der Waals surface area contributed by atoms with E-state index in [0.717, 1.165) is 38.8 Å². The van der Waals surface area contributed by atoms with Crippen molar-refractivity contribution in [3.63, 3.8) is 0 Å². The molecular weight excluding hydrogens is 385 g/mol. The highest BCUT2D eigenvalue weighted by Crippen LogP contribution is 2.36. The summed E-state index contributed by atoms with van der Waals surface area (Å²) in [5.41, 5.74) is -0.107. The second-order valence-electron chi connectivity index (χ2n) is 8.02. The van der Waals surface area contributed by atoms with Gasteiger partial charge in [0.1, 0.15) is 18.0 Å². The maximum Gasteiger partial charge on any atom is 0.326 e. The summed E-state index contributed by atoms with van der Waals surface area (Å²) >= 11 is 0. The lowest BCUT2D eigenvalue weighted by Crippen LogP contribution is -2.42. The number of phenols is 1. The van der Waals surface area contributed by atoms with E-state index in [1.54, 1.807) is 4.72 Å². The molecule has 1 amide bonds. The van der Waals surface area contributed by atoms with Gasteiger partial charge in [-0.1, -0.05) is 26.3 Å². The van der Waals surface area contributed by atoms with Crippen molar-refractivity contribution >= 4 is 21.8 Å². The Labute approximate surface area is 165 Å². The van der Waals surface area contributed by atoms with Crippen molar-refractivity contribution in [3.8, 4) is 5.75 Å². The summed E-state index contributed by atoms with van der Waals surface area (Å²) in [6, 6.07) is 2.98. The molecule has 1 aromatic carbocycles. The Morgan fingerprint density at radius 2 is 2.07 bits per heavy atom. The smallest absolute Gasteiger partial charge is 0.326 e. The number of benzene rings is 1. The molecule has 9 heteroatoms. The van der Waals surface area contributed by atoms with E-state index in [-0.39, 0.29) is 6.04 Å². The largest absolute Gasteiger partial charge is 0.506 e. The van der Waals surface area contributed by atoms with Crippen molar-refractivity contribution in [1.29, 1.82) is 0 Å². The number of carbonyl (C=O) groups excluding carboxylic acids is 1. The van der Waals surface area contributed by atoms with Crippen LogP contribution >= 0.6 is 0 Å². The number of piperidine rings is 1. The van der Waals surface area contributed by atoms with Crippen LogP contribution in [-0.2, 0) is 21.4 Å². The Kier molecular flexibility index (Phi) is 6.14. The standard InChI is InChI=1S/C19H28FN3O4S/c1-13(2)8-10-22-9-4-3-5-15(22)11-14-6-7-16(24)19(18(14)20)23-12-17(25)21-28(23,26)27/h6-7,13,15,24H,3-5,8-12H2,1-2H3,(H,21,25)/t15-/m0/s1. The van der Waals surface area contributed by atoms with Crippen LogP contribution in [0.2, 0.25) is 0 Å². The lowest BCUT2D eigenvalue weighted by molar-refractivity contribution is -0.117. The zero-order chi connectivity index (χ0) is 20.5. The van der Waals surface area contributed by atoms with Gasteiger partial charge in [-0.05, 0) is 56.3 Å². The van der Waals surface area contributed by atoms with E-state index >= 15 is 4.39 Å². The maximum absolute atomic E-state index is 15.2. The van der Waals surface area contributed by atoms with Gasteiger partial charge in [-0.25, -0.2) is 13.4 Å². The summed E-state index contributed by atoms with van der Waals surface area (Å²) in [7, 11) is -4.19. The monoisotopic (exact) mass is 413 g/mol. The van der Waals surface area contributed by atoms with Gasteiger partial charge in [0.05, 0.1) is 0 Å². The van der Waals surface area contributed by atoms with Crippen LogP contribution in [0.3, 0.4) is 0 Å². The first-order valence-electron chi connectivity index (χ1n) is 9.76. The van der Waals surface area contributed by atoms with Crippen LogP contribution in [0.1, 0.15) is 45.1 Å². The fourth-order valence-corrected chi connectivity index (χ4v) is 5.06. The summed E-state index contributed by atoms with van der Waals surface area (Å²) in [4.78, 5) is 13.9. The van der Waals surface area contributed by atoms with Crippen molar-refractivity contribution < 1.29 is 22.7 Å². The van der Waals surface area contributed by atoms with Gasteiger partial charge < -0.3 is 10.0 Å². The molecule has 3 rings (SSSR count). The third-order valence-corrected chi connectivity index (χ3v) is 6.82. The molecule has 2 aliphatic rings. The lowest BCUT2D eigenvalue weighted by atomic mass is 9.94. The number of nitrogens with zero attached hydrogens (tertiary/aromatic N) is 2. The molecule has 1 atom stereocenters. The first-order valence-corrected chi connectivity index (χ1v) is 11.2. The van der Waals surface area contributed by atoms with Crippen molar-refractivity contribution in [2.45, 2.75) is 52.0 Å². The van der Waals surface area contributed by atoms with Gasteiger partial charge in [0, 0.05) is 6.04 Å². The second-order valence-corrected chi connectivity index (χ2v) is 9.61. The van der Waals surface area contributed by atoms with E-state index in [0.29, 0.717) is 22.2 Å². The Hall–Kier alpha value is -1.87. The molecule has 0 saturated carbocycles. The Balaban J connectivity index is 1.86. The summed E-state index contributed by atoms with van der Waals surface area (Å²) in [5, 5.41) is 10.1. The molecule has 2 fully saturated rings. The normalized spacial score (nSPS) is 22.6. The minimum atomic E-state index is -4.19. The molecule has 0 radical (unpaired) electrons. The van der Waals surface area contributed by atoms with Crippen LogP contribution in [0.25, 0.3) is 0 Å². The van der Waals surface area contributed by atoms with Crippen LogP contribution in [0.15, 0.2) is 12.1 Å². The molecule has 2 heterocycles. The first-order chi connectivity index (χ1) is 13.2. The number of carbonyl (C=O) groups is 1. The number of rotatable bonds is 6. The van der Waals surface area contributed by atoms with Gasteiger partial charge >= 0.3 is 10.2 Å². The maximum atomic E-state index is 15.2. The van der Waals surface area contributed by atoms with E-state index in [2.05, 4.69) is 18.7 Å². The van der Waals surface area contributed by atoms with Crippen LogP contribution in [0.5, 0.6) is 5.75 Å². The number of anilines is 1. The number of amides is 1. The summed E-state index contributed by atoms with van der Waals surface area (Å²) in [6.07, 6.45) is 4.66. The summed E-state index contributed by atoms with van der Waals surface area (Å²) in [5.74, 6) is -1.45. The minimum Gasteiger partial charge on any atom is -0.506 e. The van der Waals surface area contributed by atoms with Crippen molar-refractivity contribution in [1.82, 2.24) is 9.62 Å². The van der Waals surface area contributed by atoms with E-state index in [9.17, 15) is 18.3 Å².